The number of benzene rings is 1. The Morgan fingerprint density at radius 2 is 2.15 bits per heavy atom. The molecule has 26 heavy (non-hydrogen) atoms. The van der Waals surface area contributed by atoms with Gasteiger partial charge in [-0.3, -0.25) is 4.79 Å². The van der Waals surface area contributed by atoms with Gasteiger partial charge in [0.1, 0.15) is 16.5 Å². The fourth-order valence-corrected chi connectivity index (χ4v) is 3.70. The number of rotatable bonds is 6. The Morgan fingerprint density at radius 3 is 2.85 bits per heavy atom. The lowest BCUT2D eigenvalue weighted by Crippen LogP contribution is -2.48. The van der Waals surface area contributed by atoms with Gasteiger partial charge in [0.2, 0.25) is 0 Å². The van der Waals surface area contributed by atoms with Crippen LogP contribution < -0.4 is 15.4 Å². The fourth-order valence-electron chi connectivity index (χ4n) is 2.90. The standard InChI is InChI=1S/C19H25N3O2S.ClH/c1-3-10-24-15-6-4-14(5-7-15)19-22-17(12-25-19)18(23)21-16-8-9-20-11-13(16)2;/h4-7,12-13,16,20H,3,8-11H2,1-2H3,(H,21,23);1H. The minimum atomic E-state index is -0.0795. The third-order valence-corrected chi connectivity index (χ3v) is 5.30. The summed E-state index contributed by atoms with van der Waals surface area (Å²) >= 11 is 1.49. The first-order chi connectivity index (χ1) is 12.2. The van der Waals surface area contributed by atoms with E-state index in [2.05, 4.69) is 29.5 Å². The Morgan fingerprint density at radius 1 is 1.38 bits per heavy atom. The average Bonchev–Trinajstić information content (AvgIpc) is 3.12. The largest absolute Gasteiger partial charge is 0.494 e. The molecule has 2 atom stereocenters. The van der Waals surface area contributed by atoms with E-state index in [1.54, 1.807) is 0 Å². The van der Waals surface area contributed by atoms with E-state index in [1.807, 2.05) is 29.6 Å². The number of hydrogen-bond donors (Lipinski definition) is 2. The van der Waals surface area contributed by atoms with E-state index in [4.69, 9.17) is 4.74 Å². The predicted molar refractivity (Wildman–Crippen MR) is 108 cm³/mol. The van der Waals surface area contributed by atoms with Gasteiger partial charge in [-0.2, -0.15) is 0 Å². The Bertz CT molecular complexity index is 705. The van der Waals surface area contributed by atoms with Crippen LogP contribution in [0, 0.1) is 5.92 Å². The lowest BCUT2D eigenvalue weighted by atomic mass is 9.95. The SMILES string of the molecule is CCCOc1ccc(-c2nc(C(=O)NC3CCNCC3C)cs2)cc1.Cl. The van der Waals surface area contributed by atoms with E-state index in [1.165, 1.54) is 11.3 Å². The second-order valence-electron chi connectivity index (χ2n) is 6.46. The highest BCUT2D eigenvalue weighted by molar-refractivity contribution is 7.13. The van der Waals surface area contributed by atoms with Crippen LogP contribution in [0.15, 0.2) is 29.6 Å². The highest BCUT2D eigenvalue weighted by Gasteiger charge is 2.24. The molecule has 0 aliphatic carbocycles. The third kappa shape index (κ3) is 5.19. The predicted octanol–water partition coefficient (Wildman–Crippen LogP) is 3.75. The summed E-state index contributed by atoms with van der Waals surface area (Å²) in [4.78, 5) is 17.0. The van der Waals surface area contributed by atoms with Gasteiger partial charge in [-0.25, -0.2) is 4.98 Å². The van der Waals surface area contributed by atoms with Crippen LogP contribution >= 0.6 is 23.7 Å². The Kier molecular flexibility index (Phi) is 7.87. The zero-order valence-electron chi connectivity index (χ0n) is 15.2. The summed E-state index contributed by atoms with van der Waals surface area (Å²) in [6.07, 6.45) is 1.95. The van der Waals surface area contributed by atoms with E-state index < -0.39 is 0 Å². The molecular formula is C19H26ClN3O2S. The number of hydrogen-bond acceptors (Lipinski definition) is 5. The van der Waals surface area contributed by atoms with E-state index in [0.29, 0.717) is 11.6 Å². The van der Waals surface area contributed by atoms with Gasteiger partial charge >= 0.3 is 0 Å². The van der Waals surface area contributed by atoms with Gasteiger partial charge in [-0.1, -0.05) is 13.8 Å². The number of amides is 1. The smallest absolute Gasteiger partial charge is 0.271 e. The number of aromatic nitrogens is 1. The van der Waals surface area contributed by atoms with Crippen molar-refractivity contribution in [2.45, 2.75) is 32.7 Å². The first-order valence-electron chi connectivity index (χ1n) is 8.87. The van der Waals surface area contributed by atoms with Crippen LogP contribution in [0.1, 0.15) is 37.2 Å². The van der Waals surface area contributed by atoms with Crippen molar-refractivity contribution < 1.29 is 9.53 Å². The number of nitrogens with one attached hydrogen (secondary N) is 2. The van der Waals surface area contributed by atoms with Crippen molar-refractivity contribution in [3.8, 4) is 16.3 Å². The summed E-state index contributed by atoms with van der Waals surface area (Å²) in [5.74, 6) is 1.22. The van der Waals surface area contributed by atoms with E-state index in [-0.39, 0.29) is 24.4 Å². The van der Waals surface area contributed by atoms with Gasteiger partial charge in [0, 0.05) is 17.0 Å². The number of ether oxygens (including phenoxy) is 1. The molecule has 1 aromatic heterocycles. The van der Waals surface area contributed by atoms with Gasteiger partial charge in [0.05, 0.1) is 6.61 Å². The van der Waals surface area contributed by atoms with Gasteiger partial charge in [-0.05, 0) is 56.1 Å². The molecule has 1 aromatic carbocycles. The van der Waals surface area contributed by atoms with Crippen LogP contribution in [0.2, 0.25) is 0 Å². The molecule has 2 unspecified atom stereocenters. The third-order valence-electron chi connectivity index (χ3n) is 4.41. The molecule has 2 heterocycles. The van der Waals surface area contributed by atoms with E-state index in [0.717, 1.165) is 48.9 Å². The Labute approximate surface area is 165 Å². The number of thiazole rings is 1. The maximum atomic E-state index is 12.5. The van der Waals surface area contributed by atoms with Crippen molar-refractivity contribution in [1.82, 2.24) is 15.6 Å². The van der Waals surface area contributed by atoms with Crippen molar-refractivity contribution >= 4 is 29.7 Å². The summed E-state index contributed by atoms with van der Waals surface area (Å²) in [6.45, 7) is 6.85. The molecule has 2 aromatic rings. The molecule has 1 amide bonds. The van der Waals surface area contributed by atoms with Crippen LogP contribution in [0.25, 0.3) is 10.6 Å². The molecule has 7 heteroatoms. The van der Waals surface area contributed by atoms with Gasteiger partial charge < -0.3 is 15.4 Å². The molecule has 5 nitrogen and oxygen atoms in total. The molecule has 0 spiro atoms. The monoisotopic (exact) mass is 395 g/mol. The highest BCUT2D eigenvalue weighted by Crippen LogP contribution is 2.26. The van der Waals surface area contributed by atoms with Crippen LogP contribution in [0.4, 0.5) is 0 Å². The molecule has 0 saturated carbocycles. The molecule has 1 aliphatic heterocycles. The lowest BCUT2D eigenvalue weighted by Gasteiger charge is -2.29. The van der Waals surface area contributed by atoms with Crippen molar-refractivity contribution in [1.29, 1.82) is 0 Å². The second-order valence-corrected chi connectivity index (χ2v) is 7.32. The van der Waals surface area contributed by atoms with Gasteiger partial charge in [0.15, 0.2) is 0 Å². The summed E-state index contributed by atoms with van der Waals surface area (Å²) in [6, 6.07) is 8.08. The number of piperidine rings is 1. The molecule has 1 fully saturated rings. The van der Waals surface area contributed by atoms with Gasteiger partial charge in [0.25, 0.3) is 5.91 Å². The quantitative estimate of drug-likeness (QED) is 0.781. The summed E-state index contributed by atoms with van der Waals surface area (Å²) in [5.41, 5.74) is 1.50. The van der Waals surface area contributed by atoms with E-state index >= 15 is 0 Å². The topological polar surface area (TPSA) is 63.2 Å². The first-order valence-corrected chi connectivity index (χ1v) is 9.75. The number of halogens is 1. The summed E-state index contributed by atoms with van der Waals surface area (Å²) < 4.78 is 5.60. The van der Waals surface area contributed by atoms with Crippen LogP contribution in [-0.4, -0.2) is 36.6 Å². The molecular weight excluding hydrogens is 370 g/mol. The Balaban J connectivity index is 0.00000243. The van der Waals surface area contributed by atoms with Crippen LogP contribution in [0.3, 0.4) is 0 Å². The van der Waals surface area contributed by atoms with Crippen LogP contribution in [-0.2, 0) is 0 Å². The lowest BCUT2D eigenvalue weighted by molar-refractivity contribution is 0.0910. The van der Waals surface area contributed by atoms with E-state index in [9.17, 15) is 4.79 Å². The molecule has 3 rings (SSSR count). The maximum absolute atomic E-state index is 12.5. The number of carbonyl (C=O) groups excluding carboxylic acids is 1. The molecule has 142 valence electrons. The minimum Gasteiger partial charge on any atom is -0.494 e. The maximum Gasteiger partial charge on any atom is 0.271 e. The molecule has 2 N–H and O–H groups in total. The van der Waals surface area contributed by atoms with Crippen molar-refractivity contribution in [2.24, 2.45) is 5.92 Å². The second kappa shape index (κ2) is 9.90. The Hall–Kier alpha value is -1.63. The zero-order valence-corrected chi connectivity index (χ0v) is 16.8. The average molecular weight is 396 g/mol. The van der Waals surface area contributed by atoms with Gasteiger partial charge in [-0.15, -0.1) is 23.7 Å². The summed E-state index contributed by atoms with van der Waals surface area (Å²) in [5, 5.41) is 9.16. The highest BCUT2D eigenvalue weighted by atomic mass is 35.5. The molecule has 0 bridgehead atoms. The molecule has 1 aliphatic rings. The number of carbonyl (C=O) groups is 1. The molecule has 0 radical (unpaired) electrons. The minimum absolute atomic E-state index is 0. The van der Waals surface area contributed by atoms with Crippen molar-refractivity contribution in [2.75, 3.05) is 19.7 Å². The number of nitrogens with zero attached hydrogens (tertiary/aromatic N) is 1. The molecule has 1 saturated heterocycles. The normalized spacial score (nSPS) is 19.5. The summed E-state index contributed by atoms with van der Waals surface area (Å²) in [7, 11) is 0. The van der Waals surface area contributed by atoms with Crippen molar-refractivity contribution in [3.63, 3.8) is 0 Å². The fraction of sp³-hybridized carbons (Fsp3) is 0.474. The van der Waals surface area contributed by atoms with Crippen molar-refractivity contribution in [3.05, 3.63) is 35.3 Å². The zero-order chi connectivity index (χ0) is 17.6. The first kappa shape index (κ1) is 20.7. The van der Waals surface area contributed by atoms with Crippen LogP contribution in [0.5, 0.6) is 5.75 Å².